The Morgan fingerprint density at radius 1 is 0.960 bits per heavy atom. The summed E-state index contributed by atoms with van der Waals surface area (Å²) < 4.78 is 0. The van der Waals surface area contributed by atoms with Crippen molar-refractivity contribution in [1.29, 1.82) is 0 Å². The van der Waals surface area contributed by atoms with Gasteiger partial charge in [0, 0.05) is 5.69 Å². The Balaban J connectivity index is 1.80. The van der Waals surface area contributed by atoms with Gasteiger partial charge in [-0.1, -0.05) is 42.8 Å². The number of halogens is 1. The van der Waals surface area contributed by atoms with Crippen LogP contribution >= 0.6 is 11.6 Å². The van der Waals surface area contributed by atoms with Crippen molar-refractivity contribution in [1.82, 2.24) is 4.90 Å². The number of nitrogens with one attached hydrogen (secondary N) is 2. The molecule has 25 heavy (non-hydrogen) atoms. The number of carbonyl (C=O) groups excluding carboxylic acids is 2. The summed E-state index contributed by atoms with van der Waals surface area (Å²) in [5.41, 5.74) is 2.52. The zero-order valence-electron chi connectivity index (χ0n) is 14.4. The van der Waals surface area contributed by atoms with Crippen LogP contribution in [0.3, 0.4) is 0 Å². The second-order valence-electron chi connectivity index (χ2n) is 5.80. The molecule has 0 radical (unpaired) electrons. The Morgan fingerprint density at radius 3 is 2.16 bits per heavy atom. The van der Waals surface area contributed by atoms with Crippen molar-refractivity contribution in [2.45, 2.75) is 13.3 Å². The first-order valence-electron chi connectivity index (χ1n) is 8.09. The SMILES string of the molecule is CCc1ccc(NC(=O)CN(C)CC(=O)Nc2ccccc2Cl)cc1. The number of amides is 2. The van der Waals surface area contributed by atoms with E-state index in [4.69, 9.17) is 11.6 Å². The van der Waals surface area contributed by atoms with E-state index >= 15 is 0 Å². The van der Waals surface area contributed by atoms with Gasteiger partial charge in [0.05, 0.1) is 23.8 Å². The summed E-state index contributed by atoms with van der Waals surface area (Å²) in [4.78, 5) is 25.7. The quantitative estimate of drug-likeness (QED) is 0.796. The smallest absolute Gasteiger partial charge is 0.238 e. The lowest BCUT2D eigenvalue weighted by molar-refractivity contribution is -0.119. The second-order valence-corrected chi connectivity index (χ2v) is 6.21. The van der Waals surface area contributed by atoms with Crippen LogP contribution in [0, 0.1) is 0 Å². The van der Waals surface area contributed by atoms with Gasteiger partial charge in [-0.15, -0.1) is 0 Å². The number of carbonyl (C=O) groups is 2. The lowest BCUT2D eigenvalue weighted by Crippen LogP contribution is -2.36. The molecule has 6 heteroatoms. The van der Waals surface area contributed by atoms with Gasteiger partial charge in [-0.3, -0.25) is 14.5 Å². The molecule has 132 valence electrons. The maximum Gasteiger partial charge on any atom is 0.238 e. The highest BCUT2D eigenvalue weighted by atomic mass is 35.5. The molecule has 0 aliphatic rings. The minimum atomic E-state index is -0.226. The highest BCUT2D eigenvalue weighted by Crippen LogP contribution is 2.20. The summed E-state index contributed by atoms with van der Waals surface area (Å²) in [5, 5.41) is 6.03. The summed E-state index contributed by atoms with van der Waals surface area (Å²) in [6, 6.07) is 14.7. The molecule has 0 aliphatic heterocycles. The average Bonchev–Trinajstić information content (AvgIpc) is 2.57. The summed E-state index contributed by atoms with van der Waals surface area (Å²) in [5.74, 6) is -0.395. The number of para-hydroxylation sites is 1. The van der Waals surface area contributed by atoms with Crippen LogP contribution in [-0.2, 0) is 16.0 Å². The number of likely N-dealkylation sites (N-methyl/N-ethyl adjacent to an activating group) is 1. The van der Waals surface area contributed by atoms with Crippen LogP contribution in [0.5, 0.6) is 0 Å². The maximum atomic E-state index is 12.1. The molecule has 2 N–H and O–H groups in total. The van der Waals surface area contributed by atoms with Crippen molar-refractivity contribution in [2.75, 3.05) is 30.8 Å². The summed E-state index contributed by atoms with van der Waals surface area (Å²) in [6.07, 6.45) is 0.956. The number of nitrogens with zero attached hydrogens (tertiary/aromatic N) is 1. The largest absolute Gasteiger partial charge is 0.325 e. The van der Waals surface area contributed by atoms with Crippen LogP contribution in [-0.4, -0.2) is 36.9 Å². The van der Waals surface area contributed by atoms with Crippen molar-refractivity contribution < 1.29 is 9.59 Å². The average molecular weight is 360 g/mol. The molecule has 0 saturated heterocycles. The van der Waals surface area contributed by atoms with Gasteiger partial charge in [0.2, 0.25) is 11.8 Å². The van der Waals surface area contributed by atoms with Gasteiger partial charge in [-0.25, -0.2) is 0 Å². The Bertz CT molecular complexity index is 732. The molecule has 0 atom stereocenters. The van der Waals surface area contributed by atoms with Crippen LogP contribution in [0.2, 0.25) is 5.02 Å². The van der Waals surface area contributed by atoms with E-state index < -0.39 is 0 Å². The number of hydrogen-bond donors (Lipinski definition) is 2. The zero-order valence-corrected chi connectivity index (χ0v) is 15.1. The van der Waals surface area contributed by atoms with Crippen LogP contribution in [0.1, 0.15) is 12.5 Å². The third kappa shape index (κ3) is 6.21. The minimum absolute atomic E-state index is 0.0907. The molecule has 0 fully saturated rings. The molecule has 2 amide bonds. The van der Waals surface area contributed by atoms with Crippen molar-refractivity contribution in [3.8, 4) is 0 Å². The molecule has 0 bridgehead atoms. The summed E-state index contributed by atoms with van der Waals surface area (Å²) >= 11 is 6.01. The Hall–Kier alpha value is -2.37. The Kier molecular flexibility index (Phi) is 6.98. The highest BCUT2D eigenvalue weighted by Gasteiger charge is 2.12. The van der Waals surface area contributed by atoms with E-state index in [1.54, 1.807) is 36.2 Å². The van der Waals surface area contributed by atoms with Gasteiger partial charge in [-0.05, 0) is 43.3 Å². The lowest BCUT2D eigenvalue weighted by Gasteiger charge is -2.16. The van der Waals surface area contributed by atoms with E-state index in [1.807, 2.05) is 24.3 Å². The van der Waals surface area contributed by atoms with Gasteiger partial charge in [0.1, 0.15) is 0 Å². The summed E-state index contributed by atoms with van der Waals surface area (Å²) in [7, 11) is 1.71. The minimum Gasteiger partial charge on any atom is -0.325 e. The molecule has 0 heterocycles. The number of rotatable bonds is 7. The van der Waals surface area contributed by atoms with Crippen molar-refractivity contribution in [3.05, 3.63) is 59.1 Å². The molecular formula is C19H22ClN3O2. The van der Waals surface area contributed by atoms with E-state index in [2.05, 4.69) is 17.6 Å². The van der Waals surface area contributed by atoms with Crippen LogP contribution in [0.4, 0.5) is 11.4 Å². The van der Waals surface area contributed by atoms with Gasteiger partial charge >= 0.3 is 0 Å². The molecule has 2 aromatic rings. The van der Waals surface area contributed by atoms with Crippen LogP contribution in [0.25, 0.3) is 0 Å². The third-order valence-electron chi connectivity index (χ3n) is 3.62. The number of aryl methyl sites for hydroxylation is 1. The first-order chi connectivity index (χ1) is 12.0. The predicted molar refractivity (Wildman–Crippen MR) is 102 cm³/mol. The first kappa shape index (κ1) is 19.0. The predicted octanol–water partition coefficient (Wildman–Crippen LogP) is 3.41. The summed E-state index contributed by atoms with van der Waals surface area (Å²) in [6.45, 7) is 2.29. The monoisotopic (exact) mass is 359 g/mol. The molecule has 0 unspecified atom stereocenters. The molecule has 0 aromatic heterocycles. The van der Waals surface area contributed by atoms with E-state index in [0.717, 1.165) is 12.1 Å². The Morgan fingerprint density at radius 2 is 1.56 bits per heavy atom. The van der Waals surface area contributed by atoms with Crippen LogP contribution < -0.4 is 10.6 Å². The van der Waals surface area contributed by atoms with E-state index in [9.17, 15) is 9.59 Å². The number of benzene rings is 2. The molecule has 2 aromatic carbocycles. The molecule has 0 saturated carbocycles. The van der Waals surface area contributed by atoms with E-state index in [1.165, 1.54) is 5.56 Å². The number of hydrogen-bond acceptors (Lipinski definition) is 3. The third-order valence-corrected chi connectivity index (χ3v) is 3.95. The maximum absolute atomic E-state index is 12.1. The standard InChI is InChI=1S/C19H22ClN3O2/c1-3-14-8-10-15(11-9-14)21-18(24)12-23(2)13-19(25)22-17-7-5-4-6-16(17)20/h4-11H,3,12-13H2,1-2H3,(H,21,24)(H,22,25). The number of anilines is 2. The van der Waals surface area contributed by atoms with Gasteiger partial charge in [0.15, 0.2) is 0 Å². The topological polar surface area (TPSA) is 61.4 Å². The highest BCUT2D eigenvalue weighted by molar-refractivity contribution is 6.33. The van der Waals surface area contributed by atoms with Gasteiger partial charge in [0.25, 0.3) is 0 Å². The first-order valence-corrected chi connectivity index (χ1v) is 8.47. The van der Waals surface area contributed by atoms with Crippen LogP contribution in [0.15, 0.2) is 48.5 Å². The second kappa shape index (κ2) is 9.20. The van der Waals surface area contributed by atoms with Crippen molar-refractivity contribution in [3.63, 3.8) is 0 Å². The zero-order chi connectivity index (χ0) is 18.2. The van der Waals surface area contributed by atoms with Gasteiger partial charge < -0.3 is 10.6 Å². The van der Waals surface area contributed by atoms with E-state index in [-0.39, 0.29) is 24.9 Å². The molecule has 5 nitrogen and oxygen atoms in total. The fourth-order valence-electron chi connectivity index (χ4n) is 2.32. The lowest BCUT2D eigenvalue weighted by atomic mass is 10.1. The Labute approximate surface area is 153 Å². The normalized spacial score (nSPS) is 10.6. The molecule has 0 aliphatic carbocycles. The van der Waals surface area contributed by atoms with Crippen molar-refractivity contribution >= 4 is 34.8 Å². The molecule has 0 spiro atoms. The van der Waals surface area contributed by atoms with Gasteiger partial charge in [-0.2, -0.15) is 0 Å². The van der Waals surface area contributed by atoms with Crippen molar-refractivity contribution in [2.24, 2.45) is 0 Å². The van der Waals surface area contributed by atoms with E-state index in [0.29, 0.717) is 10.7 Å². The fourth-order valence-corrected chi connectivity index (χ4v) is 2.51. The molecular weight excluding hydrogens is 338 g/mol. The fraction of sp³-hybridized carbons (Fsp3) is 0.263. The molecule has 2 rings (SSSR count).